The van der Waals surface area contributed by atoms with Crippen LogP contribution in [0.15, 0.2) is 11.6 Å². The van der Waals surface area contributed by atoms with Crippen molar-refractivity contribution in [3.05, 3.63) is 11.6 Å². The zero-order valence-electron chi connectivity index (χ0n) is 6.15. The van der Waals surface area contributed by atoms with E-state index in [1.54, 1.807) is 0 Å². The van der Waals surface area contributed by atoms with Gasteiger partial charge in [0.05, 0.1) is 0 Å². The lowest BCUT2D eigenvalue weighted by molar-refractivity contribution is 0.624. The first-order chi connectivity index (χ1) is 4.83. The van der Waals surface area contributed by atoms with Gasteiger partial charge in [-0.25, -0.2) is 0 Å². The molecule has 0 radical (unpaired) electrons. The van der Waals surface area contributed by atoms with Crippen LogP contribution >= 0.6 is 11.6 Å². The summed E-state index contributed by atoms with van der Waals surface area (Å²) < 4.78 is 0. The normalized spacial score (nSPS) is 24.6. The summed E-state index contributed by atoms with van der Waals surface area (Å²) >= 11 is 5.29. The summed E-state index contributed by atoms with van der Waals surface area (Å²) in [5.41, 5.74) is 1.45. The Labute approximate surface area is 67.3 Å². The lowest BCUT2D eigenvalue weighted by Gasteiger charge is -2.13. The molecule has 1 atom stereocenters. The summed E-state index contributed by atoms with van der Waals surface area (Å²) in [6.45, 7) is 2.15. The monoisotopic (exact) mass is 154 g/mol. The van der Waals surface area contributed by atoms with Gasteiger partial charge in [-0.05, 0) is 37.8 Å². The van der Waals surface area contributed by atoms with Gasteiger partial charge in [-0.15, -0.1) is 0 Å². The second-order valence-electron chi connectivity index (χ2n) is 2.75. The number of rotatable bonds is 0. The molecule has 0 amide bonds. The van der Waals surface area contributed by atoms with Crippen LogP contribution < -0.4 is 0 Å². The third kappa shape index (κ3) is 2.08. The van der Waals surface area contributed by atoms with Gasteiger partial charge in [0.15, 0.2) is 0 Å². The molecule has 0 saturated carbocycles. The number of hydrogen-bond acceptors (Lipinski definition) is 0. The van der Waals surface area contributed by atoms with Crippen molar-refractivity contribution in [2.45, 2.75) is 26.2 Å². The number of hydrogen-bond donors (Lipinski definition) is 0. The first kappa shape index (κ1) is 7.69. The second kappa shape index (κ2) is 3.68. The van der Waals surface area contributed by atoms with Gasteiger partial charge in [-0.1, -0.05) is 17.6 Å². The predicted octanol–water partition coefficient (Wildman–Crippen LogP) is 2.93. The van der Waals surface area contributed by atoms with Gasteiger partial charge in [0.25, 0.3) is 0 Å². The molecule has 0 heterocycles. The molecule has 0 aromatic heterocycles. The molecule has 0 N–H and O–H groups in total. The summed E-state index contributed by atoms with van der Waals surface area (Å²) in [7, 11) is 0. The molecule has 0 aromatic carbocycles. The quantitative estimate of drug-likeness (QED) is 0.372. The number of allylic oxidation sites excluding steroid dienone is 2. The van der Waals surface area contributed by atoms with E-state index < -0.39 is 0 Å². The van der Waals surface area contributed by atoms with E-state index in [2.05, 4.69) is 24.3 Å². The van der Waals surface area contributed by atoms with Crippen molar-refractivity contribution in [2.75, 3.05) is 0 Å². The Morgan fingerprint density at radius 2 is 2.50 bits per heavy atom. The van der Waals surface area contributed by atoms with Gasteiger partial charge in [0.2, 0.25) is 0 Å². The van der Waals surface area contributed by atoms with Crippen LogP contribution in [0.1, 0.15) is 26.2 Å². The molecule has 0 saturated heterocycles. The van der Waals surface area contributed by atoms with Gasteiger partial charge in [-0.2, -0.15) is 0 Å². The molecule has 0 nitrogen and oxygen atoms in total. The standard InChI is InChI=1S/C9H11Cl/c1-8-3-2-4-9(7-8)5-6-10/h7,9H,2-4H2,1H3. The highest BCUT2D eigenvalue weighted by Gasteiger charge is 2.07. The lowest BCUT2D eigenvalue weighted by Crippen LogP contribution is -1.99. The molecule has 0 fully saturated rings. The van der Waals surface area contributed by atoms with Crippen LogP contribution in [0.4, 0.5) is 0 Å². The van der Waals surface area contributed by atoms with Gasteiger partial charge in [0.1, 0.15) is 0 Å². The zero-order chi connectivity index (χ0) is 7.40. The molecule has 0 aliphatic heterocycles. The Balaban J connectivity index is 2.59. The van der Waals surface area contributed by atoms with Gasteiger partial charge in [-0.3, -0.25) is 0 Å². The summed E-state index contributed by atoms with van der Waals surface area (Å²) in [6, 6.07) is 0. The zero-order valence-corrected chi connectivity index (χ0v) is 6.91. The first-order valence-corrected chi connectivity index (χ1v) is 3.99. The molecular formula is C9H11Cl. The third-order valence-corrected chi connectivity index (χ3v) is 1.92. The van der Waals surface area contributed by atoms with Crippen molar-refractivity contribution in [3.8, 4) is 11.3 Å². The predicted molar refractivity (Wildman–Crippen MR) is 44.7 cm³/mol. The molecule has 0 aromatic rings. The van der Waals surface area contributed by atoms with Crippen LogP contribution in [0.2, 0.25) is 0 Å². The molecule has 1 aliphatic carbocycles. The summed E-state index contributed by atoms with van der Waals surface area (Å²) in [6.07, 6.45) is 5.90. The minimum absolute atomic E-state index is 0.422. The maximum absolute atomic E-state index is 5.29. The molecule has 1 rings (SSSR count). The maximum Gasteiger partial charge on any atom is 0.0397 e. The molecule has 1 aliphatic rings. The second-order valence-corrected chi connectivity index (χ2v) is 2.94. The summed E-state index contributed by atoms with van der Waals surface area (Å²) in [5, 5.41) is 2.44. The van der Waals surface area contributed by atoms with Crippen molar-refractivity contribution in [2.24, 2.45) is 5.92 Å². The maximum atomic E-state index is 5.29. The van der Waals surface area contributed by atoms with E-state index in [1.807, 2.05) is 0 Å². The van der Waals surface area contributed by atoms with Crippen LogP contribution in [-0.4, -0.2) is 0 Å². The molecule has 10 heavy (non-hydrogen) atoms. The fourth-order valence-corrected chi connectivity index (χ4v) is 1.43. The smallest absolute Gasteiger partial charge is 0.0397 e. The lowest BCUT2D eigenvalue weighted by atomic mass is 9.92. The largest absolute Gasteiger partial charge is 0.0783 e. The van der Waals surface area contributed by atoms with E-state index in [4.69, 9.17) is 11.6 Å². The van der Waals surface area contributed by atoms with E-state index in [0.29, 0.717) is 5.92 Å². The summed E-state index contributed by atoms with van der Waals surface area (Å²) in [4.78, 5) is 0. The first-order valence-electron chi connectivity index (χ1n) is 3.61. The van der Waals surface area contributed by atoms with E-state index in [-0.39, 0.29) is 0 Å². The fraction of sp³-hybridized carbons (Fsp3) is 0.556. The Bertz CT molecular complexity index is 193. The van der Waals surface area contributed by atoms with Crippen LogP contribution in [0.5, 0.6) is 0 Å². The SMILES string of the molecule is CC1=CC(C#CCl)CCC1. The minimum Gasteiger partial charge on any atom is -0.0783 e. The van der Waals surface area contributed by atoms with E-state index in [0.717, 1.165) is 0 Å². The van der Waals surface area contributed by atoms with Crippen LogP contribution in [0.25, 0.3) is 0 Å². The molecule has 54 valence electrons. The van der Waals surface area contributed by atoms with Crippen molar-refractivity contribution in [1.29, 1.82) is 0 Å². The molecule has 1 unspecified atom stereocenters. The minimum atomic E-state index is 0.422. The topological polar surface area (TPSA) is 0 Å². The van der Waals surface area contributed by atoms with Gasteiger partial charge < -0.3 is 0 Å². The third-order valence-electron chi connectivity index (χ3n) is 1.81. The van der Waals surface area contributed by atoms with E-state index in [9.17, 15) is 0 Å². The van der Waals surface area contributed by atoms with Crippen molar-refractivity contribution in [3.63, 3.8) is 0 Å². The van der Waals surface area contributed by atoms with E-state index in [1.165, 1.54) is 24.8 Å². The molecule has 0 bridgehead atoms. The van der Waals surface area contributed by atoms with Crippen LogP contribution in [0, 0.1) is 17.2 Å². The Hall–Kier alpha value is -0.410. The average molecular weight is 155 g/mol. The number of halogens is 1. The molecule has 0 spiro atoms. The Morgan fingerprint density at radius 1 is 1.70 bits per heavy atom. The van der Waals surface area contributed by atoms with Gasteiger partial charge in [0, 0.05) is 11.3 Å². The van der Waals surface area contributed by atoms with Crippen molar-refractivity contribution < 1.29 is 0 Å². The highest BCUT2D eigenvalue weighted by molar-refractivity contribution is 6.30. The van der Waals surface area contributed by atoms with Crippen LogP contribution in [0.3, 0.4) is 0 Å². The molecule has 1 heteroatoms. The van der Waals surface area contributed by atoms with Crippen molar-refractivity contribution in [1.82, 2.24) is 0 Å². The fourth-order valence-electron chi connectivity index (χ4n) is 1.29. The summed E-state index contributed by atoms with van der Waals surface area (Å²) in [5.74, 6) is 3.38. The Morgan fingerprint density at radius 3 is 3.10 bits per heavy atom. The highest BCUT2D eigenvalue weighted by atomic mass is 35.5. The van der Waals surface area contributed by atoms with Crippen LogP contribution in [-0.2, 0) is 0 Å². The van der Waals surface area contributed by atoms with Gasteiger partial charge >= 0.3 is 0 Å². The van der Waals surface area contributed by atoms with Crippen molar-refractivity contribution >= 4 is 11.6 Å². The molecular weight excluding hydrogens is 144 g/mol. The average Bonchev–Trinajstić information content (AvgIpc) is 1.88. The highest BCUT2D eigenvalue weighted by Crippen LogP contribution is 2.21. The van der Waals surface area contributed by atoms with E-state index >= 15 is 0 Å². The Kier molecular flexibility index (Phi) is 2.83.